The second kappa shape index (κ2) is 11.6. The minimum Gasteiger partial charge on any atom is -0.496 e. The van der Waals surface area contributed by atoms with Crippen LogP contribution < -0.4 is 10.1 Å². The average molecular weight is 555 g/mol. The molecule has 1 heterocycles. The molecule has 1 unspecified atom stereocenters. The van der Waals surface area contributed by atoms with Crippen LogP contribution in [0.25, 0.3) is 0 Å². The number of aromatic nitrogens is 2. The summed E-state index contributed by atoms with van der Waals surface area (Å²) in [6.07, 6.45) is -2.96. The van der Waals surface area contributed by atoms with E-state index in [2.05, 4.69) is 15.3 Å². The first kappa shape index (κ1) is 27.0. The molecule has 1 aromatic carbocycles. The highest BCUT2D eigenvalue weighted by molar-refractivity contribution is 14.0. The molecule has 7 nitrogen and oxygen atoms in total. The minimum absolute atomic E-state index is 0. The van der Waals surface area contributed by atoms with Gasteiger partial charge in [-0.2, -0.15) is 13.2 Å². The van der Waals surface area contributed by atoms with E-state index >= 15 is 0 Å². The maximum absolute atomic E-state index is 13.7. The van der Waals surface area contributed by atoms with Gasteiger partial charge in [0.15, 0.2) is 5.96 Å². The number of alkyl halides is 3. The Morgan fingerprint density at radius 1 is 1.32 bits per heavy atom. The number of rotatable bonds is 8. The summed E-state index contributed by atoms with van der Waals surface area (Å²) in [5.41, 5.74) is -2.18. The maximum Gasteiger partial charge on any atom is 0.424 e. The van der Waals surface area contributed by atoms with E-state index in [9.17, 15) is 18.3 Å². The molecule has 0 spiro atoms. The third-order valence-electron chi connectivity index (χ3n) is 4.69. The zero-order valence-electron chi connectivity index (χ0n) is 18.0. The van der Waals surface area contributed by atoms with E-state index in [1.165, 1.54) is 19.4 Å². The number of nitrogens with one attached hydrogen (secondary N) is 1. The lowest BCUT2D eigenvalue weighted by atomic mass is 9.98. The Morgan fingerprint density at radius 2 is 2.00 bits per heavy atom. The van der Waals surface area contributed by atoms with E-state index in [4.69, 9.17) is 4.74 Å². The number of aliphatic imine (C=N–C) groups is 1. The third-order valence-corrected chi connectivity index (χ3v) is 4.69. The SMILES string of the molecule is CCNC(=NCCC(O)(c1nccn1C)C(F)(F)F)N(C)Cc1ccccc1OC.I. The Hall–Kier alpha value is -2.02. The van der Waals surface area contributed by atoms with Crippen molar-refractivity contribution < 1.29 is 23.0 Å². The number of hydrogen-bond donors (Lipinski definition) is 2. The smallest absolute Gasteiger partial charge is 0.424 e. The van der Waals surface area contributed by atoms with Gasteiger partial charge < -0.3 is 24.6 Å². The fourth-order valence-electron chi connectivity index (χ4n) is 3.10. The molecule has 2 N–H and O–H groups in total. The van der Waals surface area contributed by atoms with Crippen LogP contribution in [0.15, 0.2) is 41.7 Å². The fraction of sp³-hybridized carbons (Fsp3) is 0.500. The van der Waals surface area contributed by atoms with Gasteiger partial charge in [-0.15, -0.1) is 24.0 Å². The zero-order chi connectivity index (χ0) is 22.4. The number of aliphatic hydroxyl groups is 1. The highest BCUT2D eigenvalue weighted by Crippen LogP contribution is 2.40. The maximum atomic E-state index is 13.7. The second-order valence-electron chi connectivity index (χ2n) is 6.87. The van der Waals surface area contributed by atoms with Crippen molar-refractivity contribution in [3.63, 3.8) is 0 Å². The van der Waals surface area contributed by atoms with Crippen molar-refractivity contribution in [2.45, 2.75) is 31.7 Å². The lowest BCUT2D eigenvalue weighted by molar-refractivity contribution is -0.272. The number of imidazole rings is 1. The van der Waals surface area contributed by atoms with Crippen LogP contribution in [0.1, 0.15) is 24.7 Å². The van der Waals surface area contributed by atoms with Gasteiger partial charge in [-0.1, -0.05) is 18.2 Å². The van der Waals surface area contributed by atoms with Gasteiger partial charge in [-0.05, 0) is 13.0 Å². The molecule has 2 rings (SSSR count). The van der Waals surface area contributed by atoms with Gasteiger partial charge in [0.05, 0.1) is 7.11 Å². The number of hydrogen-bond acceptors (Lipinski definition) is 4. The van der Waals surface area contributed by atoms with E-state index in [0.29, 0.717) is 24.8 Å². The van der Waals surface area contributed by atoms with Gasteiger partial charge >= 0.3 is 6.18 Å². The summed E-state index contributed by atoms with van der Waals surface area (Å²) in [6.45, 7) is 2.60. The Kier molecular flexibility index (Phi) is 10.1. The fourth-order valence-corrected chi connectivity index (χ4v) is 3.10. The summed E-state index contributed by atoms with van der Waals surface area (Å²) in [4.78, 5) is 9.79. The summed E-state index contributed by atoms with van der Waals surface area (Å²) in [5, 5.41) is 13.5. The van der Waals surface area contributed by atoms with Crippen LogP contribution in [0.3, 0.4) is 0 Å². The van der Waals surface area contributed by atoms with E-state index in [-0.39, 0.29) is 30.5 Å². The van der Waals surface area contributed by atoms with Gasteiger partial charge in [0.1, 0.15) is 11.6 Å². The predicted octanol–water partition coefficient (Wildman–Crippen LogP) is 3.28. The molecule has 0 aliphatic carbocycles. The standard InChI is InChI=1S/C20H28F3N5O2.HI/c1-5-24-18(28(3)14-15-8-6-7-9-16(15)30-4)26-11-10-19(29,20(21,22)23)17-25-12-13-27(17)2;/h6-9,12-13,29H,5,10-11,14H2,1-4H3,(H,24,26);1H. The molecule has 1 aromatic heterocycles. The molecule has 174 valence electrons. The summed E-state index contributed by atoms with van der Waals surface area (Å²) in [6, 6.07) is 7.48. The summed E-state index contributed by atoms with van der Waals surface area (Å²) < 4.78 is 47.5. The molecule has 0 saturated heterocycles. The van der Waals surface area contributed by atoms with Crippen molar-refractivity contribution in [3.05, 3.63) is 48.0 Å². The molecule has 0 aliphatic heterocycles. The van der Waals surface area contributed by atoms with Gasteiger partial charge in [0.2, 0.25) is 5.60 Å². The van der Waals surface area contributed by atoms with E-state index in [1.807, 2.05) is 31.2 Å². The number of guanidine groups is 1. The van der Waals surface area contributed by atoms with Crippen LogP contribution in [0.2, 0.25) is 0 Å². The molecule has 2 aromatic rings. The molecule has 0 fully saturated rings. The Bertz CT molecular complexity index is 859. The number of para-hydroxylation sites is 1. The van der Waals surface area contributed by atoms with Crippen molar-refractivity contribution in [1.82, 2.24) is 19.8 Å². The van der Waals surface area contributed by atoms with E-state index < -0.39 is 24.0 Å². The van der Waals surface area contributed by atoms with E-state index in [0.717, 1.165) is 10.1 Å². The number of aryl methyl sites for hydroxylation is 1. The van der Waals surface area contributed by atoms with Gasteiger partial charge in [-0.3, -0.25) is 4.99 Å². The molecule has 0 aliphatic rings. The minimum atomic E-state index is -4.89. The molecular formula is C20H29F3IN5O2. The van der Waals surface area contributed by atoms with Crippen molar-refractivity contribution in [2.24, 2.45) is 12.0 Å². The Morgan fingerprint density at radius 3 is 2.55 bits per heavy atom. The number of nitrogens with zero attached hydrogens (tertiary/aromatic N) is 4. The quantitative estimate of drug-likeness (QED) is 0.297. The van der Waals surface area contributed by atoms with Gasteiger partial charge in [0, 0.05) is 58.1 Å². The lowest BCUT2D eigenvalue weighted by Crippen LogP contribution is -2.45. The topological polar surface area (TPSA) is 74.9 Å². The monoisotopic (exact) mass is 555 g/mol. The van der Waals surface area contributed by atoms with E-state index in [1.54, 1.807) is 19.1 Å². The number of halogens is 4. The van der Waals surface area contributed by atoms with Crippen molar-refractivity contribution >= 4 is 29.9 Å². The molecule has 0 radical (unpaired) electrons. The molecule has 0 saturated carbocycles. The second-order valence-corrected chi connectivity index (χ2v) is 6.87. The average Bonchev–Trinajstić information content (AvgIpc) is 3.13. The molecular weight excluding hydrogens is 526 g/mol. The Labute approximate surface area is 197 Å². The molecule has 0 amide bonds. The summed E-state index contributed by atoms with van der Waals surface area (Å²) >= 11 is 0. The summed E-state index contributed by atoms with van der Waals surface area (Å²) in [7, 11) is 4.77. The highest BCUT2D eigenvalue weighted by atomic mass is 127. The first-order valence-corrected chi connectivity index (χ1v) is 9.52. The van der Waals surface area contributed by atoms with Crippen LogP contribution in [0, 0.1) is 0 Å². The summed E-state index contributed by atoms with van der Waals surface area (Å²) in [5.74, 6) is 0.673. The third kappa shape index (κ3) is 6.48. The van der Waals surface area contributed by atoms with Gasteiger partial charge in [0.25, 0.3) is 0 Å². The number of ether oxygens (including phenoxy) is 1. The zero-order valence-corrected chi connectivity index (χ0v) is 20.3. The van der Waals surface area contributed by atoms with Crippen LogP contribution in [0.5, 0.6) is 5.75 Å². The van der Waals surface area contributed by atoms with Gasteiger partial charge in [-0.25, -0.2) is 4.98 Å². The highest BCUT2D eigenvalue weighted by Gasteiger charge is 2.57. The van der Waals surface area contributed by atoms with Crippen LogP contribution >= 0.6 is 24.0 Å². The van der Waals surface area contributed by atoms with Crippen molar-refractivity contribution in [1.29, 1.82) is 0 Å². The predicted molar refractivity (Wildman–Crippen MR) is 124 cm³/mol. The first-order chi connectivity index (χ1) is 14.1. The van der Waals surface area contributed by atoms with Crippen LogP contribution in [0.4, 0.5) is 13.2 Å². The number of methoxy groups -OCH3 is 1. The van der Waals surface area contributed by atoms with Crippen molar-refractivity contribution in [3.8, 4) is 5.75 Å². The van der Waals surface area contributed by atoms with Crippen LogP contribution in [-0.2, 0) is 19.2 Å². The number of benzene rings is 1. The first-order valence-electron chi connectivity index (χ1n) is 9.52. The normalized spacial score (nSPS) is 13.9. The van der Waals surface area contributed by atoms with Crippen molar-refractivity contribution in [2.75, 3.05) is 27.2 Å². The lowest BCUT2D eigenvalue weighted by Gasteiger charge is -2.29. The molecule has 11 heteroatoms. The largest absolute Gasteiger partial charge is 0.496 e. The molecule has 0 bridgehead atoms. The molecule has 1 atom stereocenters. The molecule has 31 heavy (non-hydrogen) atoms. The van der Waals surface area contributed by atoms with Crippen LogP contribution in [-0.4, -0.2) is 58.9 Å². The Balaban J connectivity index is 0.00000480.